The van der Waals surface area contributed by atoms with E-state index in [1.54, 1.807) is 17.2 Å². The molecule has 3 aliphatic rings. The third-order valence-electron chi connectivity index (χ3n) is 6.20. The predicted molar refractivity (Wildman–Crippen MR) is 94.4 cm³/mol. The molecule has 0 aromatic carbocycles. The van der Waals surface area contributed by atoms with E-state index in [0.29, 0.717) is 31.7 Å². The molecule has 7 nitrogen and oxygen atoms in total. The Morgan fingerprint density at radius 1 is 1.31 bits per heavy atom. The number of carbonyl (C=O) groups excluding carboxylic acids is 3. The highest BCUT2D eigenvalue weighted by Gasteiger charge is 2.56. The zero-order valence-electron chi connectivity index (χ0n) is 15.3. The highest BCUT2D eigenvalue weighted by molar-refractivity contribution is 6.04. The molecule has 0 radical (unpaired) electrons. The summed E-state index contributed by atoms with van der Waals surface area (Å²) in [6, 6.07) is 3.15. The average Bonchev–Trinajstić information content (AvgIpc) is 3.11. The molecule has 1 aromatic heterocycles. The quantitative estimate of drug-likeness (QED) is 0.756. The summed E-state index contributed by atoms with van der Waals surface area (Å²) >= 11 is 0. The molecule has 1 spiro atoms. The van der Waals surface area contributed by atoms with Crippen LogP contribution in [0.25, 0.3) is 0 Å². The van der Waals surface area contributed by atoms with Gasteiger partial charge >= 0.3 is 6.03 Å². The number of imide groups is 1. The minimum Gasteiger partial charge on any atom is -0.339 e. The van der Waals surface area contributed by atoms with Crippen LogP contribution in [0.2, 0.25) is 0 Å². The van der Waals surface area contributed by atoms with E-state index in [-0.39, 0.29) is 29.3 Å². The Hall–Kier alpha value is -2.44. The van der Waals surface area contributed by atoms with Crippen molar-refractivity contribution in [2.75, 3.05) is 26.2 Å². The van der Waals surface area contributed by atoms with Crippen molar-refractivity contribution in [3.8, 4) is 0 Å². The number of aryl methyl sites for hydroxylation is 1. The molecule has 4 rings (SSSR count). The summed E-state index contributed by atoms with van der Waals surface area (Å²) in [5, 5.41) is 0. The standard InChI is InChI=1S/C19H24N4O3/c1-3-22-17(25)15-11-19(12-23(15)18(22)26)6-9-21(10-7-19)16(24)14-5-4-8-20-13(14)2/h4-5,8,15H,3,6-7,9-12H2,1-2H3. The highest BCUT2D eigenvalue weighted by atomic mass is 16.2. The third kappa shape index (κ3) is 2.48. The van der Waals surface area contributed by atoms with Crippen molar-refractivity contribution in [1.82, 2.24) is 19.7 Å². The van der Waals surface area contributed by atoms with Crippen LogP contribution in [0.1, 0.15) is 42.2 Å². The molecule has 4 heterocycles. The lowest BCUT2D eigenvalue weighted by atomic mass is 9.76. The van der Waals surface area contributed by atoms with E-state index in [1.165, 1.54) is 4.90 Å². The molecule has 138 valence electrons. The number of likely N-dealkylation sites (tertiary alicyclic amines) is 1. The monoisotopic (exact) mass is 356 g/mol. The molecule has 0 saturated carbocycles. The first-order valence-electron chi connectivity index (χ1n) is 9.29. The number of pyridine rings is 1. The van der Waals surface area contributed by atoms with Gasteiger partial charge in [0.15, 0.2) is 0 Å². The van der Waals surface area contributed by atoms with Gasteiger partial charge in [0.2, 0.25) is 0 Å². The van der Waals surface area contributed by atoms with Crippen LogP contribution in [0.15, 0.2) is 18.3 Å². The maximum absolute atomic E-state index is 12.8. The van der Waals surface area contributed by atoms with Gasteiger partial charge in [-0.05, 0) is 50.7 Å². The van der Waals surface area contributed by atoms with Crippen molar-refractivity contribution in [3.05, 3.63) is 29.6 Å². The maximum Gasteiger partial charge on any atom is 0.327 e. The second-order valence-electron chi connectivity index (χ2n) is 7.64. The number of aromatic nitrogens is 1. The van der Waals surface area contributed by atoms with Gasteiger partial charge in [-0.15, -0.1) is 0 Å². The topological polar surface area (TPSA) is 73.8 Å². The molecule has 1 atom stereocenters. The van der Waals surface area contributed by atoms with Crippen LogP contribution < -0.4 is 0 Å². The summed E-state index contributed by atoms with van der Waals surface area (Å²) in [5.74, 6) is -0.0351. The Bertz CT molecular complexity index is 744. The second-order valence-corrected chi connectivity index (χ2v) is 7.64. The smallest absolute Gasteiger partial charge is 0.327 e. The first-order chi connectivity index (χ1) is 12.5. The average molecular weight is 356 g/mol. The molecule has 0 aliphatic carbocycles. The first kappa shape index (κ1) is 17.0. The van der Waals surface area contributed by atoms with E-state index >= 15 is 0 Å². The van der Waals surface area contributed by atoms with Crippen molar-refractivity contribution < 1.29 is 14.4 Å². The fourth-order valence-corrected chi connectivity index (χ4v) is 4.63. The lowest BCUT2D eigenvalue weighted by Gasteiger charge is -2.39. The molecule has 0 bridgehead atoms. The Kier molecular flexibility index (Phi) is 3.97. The lowest BCUT2D eigenvalue weighted by Crippen LogP contribution is -2.45. The number of hydrogen-bond donors (Lipinski definition) is 0. The van der Waals surface area contributed by atoms with Gasteiger partial charge in [-0.2, -0.15) is 0 Å². The number of piperidine rings is 1. The molecule has 4 amide bonds. The van der Waals surface area contributed by atoms with Gasteiger partial charge in [-0.25, -0.2) is 4.79 Å². The number of fused-ring (bicyclic) bond motifs is 1. The van der Waals surface area contributed by atoms with Gasteiger partial charge in [0.1, 0.15) is 6.04 Å². The van der Waals surface area contributed by atoms with Crippen LogP contribution in [0, 0.1) is 12.3 Å². The van der Waals surface area contributed by atoms with Gasteiger partial charge in [-0.1, -0.05) is 0 Å². The van der Waals surface area contributed by atoms with Gasteiger partial charge in [0.05, 0.1) is 5.56 Å². The number of carbonyl (C=O) groups is 3. The predicted octanol–water partition coefficient (Wildman–Crippen LogP) is 1.67. The van der Waals surface area contributed by atoms with Gasteiger partial charge < -0.3 is 9.80 Å². The molecular formula is C19H24N4O3. The van der Waals surface area contributed by atoms with Crippen LogP contribution >= 0.6 is 0 Å². The SMILES string of the molecule is CCN1C(=O)C2CC3(CCN(C(=O)c4cccnc4C)CC3)CN2C1=O. The van der Waals surface area contributed by atoms with Crippen LogP contribution in [0.3, 0.4) is 0 Å². The number of rotatable bonds is 2. The Morgan fingerprint density at radius 2 is 2.04 bits per heavy atom. The van der Waals surface area contributed by atoms with E-state index in [0.717, 1.165) is 25.0 Å². The summed E-state index contributed by atoms with van der Waals surface area (Å²) in [4.78, 5) is 46.8. The molecule has 1 unspecified atom stereocenters. The molecule has 3 fully saturated rings. The minimum absolute atomic E-state index is 0.0215. The van der Waals surface area contributed by atoms with Crippen molar-refractivity contribution in [2.45, 2.75) is 39.2 Å². The lowest BCUT2D eigenvalue weighted by molar-refractivity contribution is -0.128. The third-order valence-corrected chi connectivity index (χ3v) is 6.20. The summed E-state index contributed by atoms with van der Waals surface area (Å²) in [6.45, 7) is 6.07. The highest BCUT2D eigenvalue weighted by Crippen LogP contribution is 2.46. The van der Waals surface area contributed by atoms with Gasteiger partial charge in [-0.3, -0.25) is 19.5 Å². The number of hydrogen-bond acceptors (Lipinski definition) is 4. The Morgan fingerprint density at radius 3 is 2.65 bits per heavy atom. The fraction of sp³-hybridized carbons (Fsp3) is 0.579. The molecule has 3 aliphatic heterocycles. The van der Waals surface area contributed by atoms with Crippen molar-refractivity contribution in [1.29, 1.82) is 0 Å². The Labute approximate surface area is 153 Å². The molecule has 7 heteroatoms. The second kappa shape index (κ2) is 6.07. The van der Waals surface area contributed by atoms with E-state index in [2.05, 4.69) is 4.98 Å². The van der Waals surface area contributed by atoms with Crippen molar-refractivity contribution >= 4 is 17.8 Å². The van der Waals surface area contributed by atoms with Gasteiger partial charge in [0, 0.05) is 38.1 Å². The first-order valence-corrected chi connectivity index (χ1v) is 9.29. The van der Waals surface area contributed by atoms with Crippen LogP contribution in [0.5, 0.6) is 0 Å². The van der Waals surface area contributed by atoms with Crippen LogP contribution in [-0.4, -0.2) is 69.8 Å². The summed E-state index contributed by atoms with van der Waals surface area (Å²) in [5.41, 5.74) is 1.37. The summed E-state index contributed by atoms with van der Waals surface area (Å²) in [7, 11) is 0. The largest absolute Gasteiger partial charge is 0.339 e. The molecule has 0 N–H and O–H groups in total. The molecule has 1 aromatic rings. The normalized spacial score (nSPS) is 24.5. The zero-order valence-corrected chi connectivity index (χ0v) is 15.3. The minimum atomic E-state index is -0.301. The summed E-state index contributed by atoms with van der Waals surface area (Å²) < 4.78 is 0. The van der Waals surface area contributed by atoms with E-state index in [4.69, 9.17) is 0 Å². The Balaban J connectivity index is 1.44. The van der Waals surface area contributed by atoms with Gasteiger partial charge in [0.25, 0.3) is 11.8 Å². The number of amides is 4. The molecular weight excluding hydrogens is 332 g/mol. The van der Waals surface area contributed by atoms with E-state index in [9.17, 15) is 14.4 Å². The van der Waals surface area contributed by atoms with Crippen molar-refractivity contribution in [3.63, 3.8) is 0 Å². The van der Waals surface area contributed by atoms with Crippen LogP contribution in [0.4, 0.5) is 4.79 Å². The fourth-order valence-electron chi connectivity index (χ4n) is 4.63. The number of urea groups is 1. The zero-order chi connectivity index (χ0) is 18.5. The molecule has 26 heavy (non-hydrogen) atoms. The number of likely N-dealkylation sites (N-methyl/N-ethyl adjacent to an activating group) is 1. The van der Waals surface area contributed by atoms with E-state index < -0.39 is 0 Å². The maximum atomic E-state index is 12.8. The number of nitrogens with zero attached hydrogens (tertiary/aromatic N) is 4. The van der Waals surface area contributed by atoms with Crippen molar-refractivity contribution in [2.24, 2.45) is 5.41 Å². The van der Waals surface area contributed by atoms with Crippen LogP contribution in [-0.2, 0) is 4.79 Å². The van der Waals surface area contributed by atoms with E-state index in [1.807, 2.05) is 24.8 Å². The molecule has 3 saturated heterocycles. The summed E-state index contributed by atoms with van der Waals surface area (Å²) in [6.07, 6.45) is 4.08.